The van der Waals surface area contributed by atoms with Crippen LogP contribution in [0.5, 0.6) is 0 Å². The number of carbonyl (C=O) groups excluding carboxylic acids is 1. The number of benzene rings is 1. The average molecular weight is 286 g/mol. The van der Waals surface area contributed by atoms with Gasteiger partial charge in [-0.3, -0.25) is 0 Å². The summed E-state index contributed by atoms with van der Waals surface area (Å²) in [5.74, 6) is 0. The maximum Gasteiger partial charge on any atom is 0.315 e. The molecule has 1 saturated heterocycles. The Labute approximate surface area is 127 Å². The Hall–Kier alpha value is -1.51. The van der Waals surface area contributed by atoms with Gasteiger partial charge < -0.3 is 10.6 Å². The van der Waals surface area contributed by atoms with Gasteiger partial charge in [-0.2, -0.15) is 0 Å². The number of primary amides is 1. The Morgan fingerprint density at radius 2 is 1.90 bits per heavy atom. The van der Waals surface area contributed by atoms with Crippen LogP contribution in [0.25, 0.3) is 0 Å². The van der Waals surface area contributed by atoms with Crippen LogP contribution in [0, 0.1) is 0 Å². The Morgan fingerprint density at radius 3 is 2.57 bits per heavy atom. The van der Waals surface area contributed by atoms with E-state index in [0.717, 1.165) is 44.9 Å². The van der Waals surface area contributed by atoms with Gasteiger partial charge in [0, 0.05) is 11.6 Å². The van der Waals surface area contributed by atoms with Crippen LogP contribution in [0.1, 0.15) is 56.9 Å². The Balaban J connectivity index is 1.59. The van der Waals surface area contributed by atoms with Gasteiger partial charge in [0.1, 0.15) is 0 Å². The van der Waals surface area contributed by atoms with Crippen molar-refractivity contribution in [3.63, 3.8) is 0 Å². The highest BCUT2D eigenvalue weighted by Gasteiger charge is 2.48. The topological polar surface area (TPSA) is 46.3 Å². The fraction of sp³-hybridized carbons (Fsp3) is 0.611. The molecule has 1 aromatic carbocycles. The van der Waals surface area contributed by atoms with Crippen molar-refractivity contribution in [2.75, 3.05) is 0 Å². The van der Waals surface area contributed by atoms with Gasteiger partial charge >= 0.3 is 6.03 Å². The minimum absolute atomic E-state index is 0.114. The van der Waals surface area contributed by atoms with Gasteiger partial charge in [-0.1, -0.05) is 43.2 Å². The van der Waals surface area contributed by atoms with Crippen molar-refractivity contribution in [1.82, 2.24) is 4.90 Å². The lowest BCUT2D eigenvalue weighted by atomic mass is 9.94. The van der Waals surface area contributed by atoms with E-state index >= 15 is 0 Å². The Kier molecular flexibility index (Phi) is 4.18. The molecule has 1 heterocycles. The molecule has 21 heavy (non-hydrogen) atoms. The SMILES string of the molecule is NC(=O)N1C(CCCc2ccccc2)CCC12CCCC2. The molecule has 114 valence electrons. The summed E-state index contributed by atoms with van der Waals surface area (Å²) in [4.78, 5) is 14.0. The fourth-order valence-corrected chi connectivity index (χ4v) is 4.47. The lowest BCUT2D eigenvalue weighted by Crippen LogP contribution is -2.51. The molecule has 2 aliphatic rings. The lowest BCUT2D eigenvalue weighted by Gasteiger charge is -2.37. The number of hydrogen-bond acceptors (Lipinski definition) is 1. The molecule has 0 radical (unpaired) electrons. The van der Waals surface area contributed by atoms with Crippen molar-refractivity contribution >= 4 is 6.03 Å². The number of hydrogen-bond donors (Lipinski definition) is 1. The molecular weight excluding hydrogens is 260 g/mol. The van der Waals surface area contributed by atoms with E-state index in [4.69, 9.17) is 5.73 Å². The predicted molar refractivity (Wildman–Crippen MR) is 85.0 cm³/mol. The summed E-state index contributed by atoms with van der Waals surface area (Å²) in [7, 11) is 0. The molecule has 2 fully saturated rings. The maximum atomic E-state index is 12.0. The molecule has 0 aromatic heterocycles. The van der Waals surface area contributed by atoms with Crippen LogP contribution in [0.2, 0.25) is 0 Å². The van der Waals surface area contributed by atoms with Crippen molar-refractivity contribution in [1.29, 1.82) is 0 Å². The highest BCUT2D eigenvalue weighted by Crippen LogP contribution is 2.46. The standard InChI is InChI=1S/C18H26N2O/c19-17(21)20-16(11-14-18(20)12-4-5-13-18)10-6-9-15-7-2-1-3-8-15/h1-3,7-8,16H,4-6,9-14H2,(H2,19,21). The second-order valence-electron chi connectivity index (χ2n) is 6.71. The monoisotopic (exact) mass is 286 g/mol. The second kappa shape index (κ2) is 6.08. The largest absolute Gasteiger partial charge is 0.351 e. The van der Waals surface area contributed by atoms with Crippen LogP contribution < -0.4 is 5.73 Å². The van der Waals surface area contributed by atoms with Crippen LogP contribution in [0.15, 0.2) is 30.3 Å². The zero-order chi connectivity index (χ0) is 14.7. The lowest BCUT2D eigenvalue weighted by molar-refractivity contribution is 0.127. The summed E-state index contributed by atoms with van der Waals surface area (Å²) in [5.41, 5.74) is 7.21. The summed E-state index contributed by atoms with van der Waals surface area (Å²) >= 11 is 0. The number of urea groups is 1. The zero-order valence-electron chi connectivity index (χ0n) is 12.8. The number of likely N-dealkylation sites (tertiary alicyclic amines) is 1. The number of nitrogens with zero attached hydrogens (tertiary/aromatic N) is 1. The molecule has 1 spiro atoms. The van der Waals surface area contributed by atoms with E-state index in [1.54, 1.807) is 0 Å². The van der Waals surface area contributed by atoms with Gasteiger partial charge in [0.2, 0.25) is 0 Å². The molecule has 1 aromatic rings. The van der Waals surface area contributed by atoms with Crippen molar-refractivity contribution < 1.29 is 4.79 Å². The van der Waals surface area contributed by atoms with E-state index in [1.807, 2.05) is 0 Å². The van der Waals surface area contributed by atoms with Crippen LogP contribution in [-0.2, 0) is 6.42 Å². The number of carbonyl (C=O) groups is 1. The second-order valence-corrected chi connectivity index (χ2v) is 6.71. The summed E-state index contributed by atoms with van der Waals surface area (Å²) in [5, 5.41) is 0. The van der Waals surface area contributed by atoms with Gasteiger partial charge in [0.05, 0.1) is 0 Å². The van der Waals surface area contributed by atoms with Crippen molar-refractivity contribution in [2.24, 2.45) is 5.73 Å². The van der Waals surface area contributed by atoms with Crippen LogP contribution in [0.3, 0.4) is 0 Å². The summed E-state index contributed by atoms with van der Waals surface area (Å²) in [6.07, 6.45) is 10.4. The highest BCUT2D eigenvalue weighted by molar-refractivity contribution is 5.74. The smallest absolute Gasteiger partial charge is 0.315 e. The summed E-state index contributed by atoms with van der Waals surface area (Å²) in [6.45, 7) is 0. The summed E-state index contributed by atoms with van der Waals surface area (Å²) in [6, 6.07) is 10.8. The molecule has 0 bridgehead atoms. The molecule has 3 heteroatoms. The van der Waals surface area contributed by atoms with Crippen molar-refractivity contribution in [3.8, 4) is 0 Å². The predicted octanol–water partition coefficient (Wildman–Crippen LogP) is 3.87. The highest BCUT2D eigenvalue weighted by atomic mass is 16.2. The van der Waals surface area contributed by atoms with E-state index in [-0.39, 0.29) is 11.6 Å². The van der Waals surface area contributed by atoms with E-state index in [2.05, 4.69) is 35.2 Å². The van der Waals surface area contributed by atoms with Gasteiger partial charge in [-0.15, -0.1) is 0 Å². The molecule has 3 rings (SSSR count). The van der Waals surface area contributed by atoms with Gasteiger partial charge in [-0.25, -0.2) is 4.79 Å². The number of rotatable bonds is 4. The zero-order valence-corrected chi connectivity index (χ0v) is 12.8. The molecule has 2 amide bonds. The molecule has 1 aliphatic carbocycles. The van der Waals surface area contributed by atoms with Crippen LogP contribution >= 0.6 is 0 Å². The normalized spacial score (nSPS) is 23.8. The Morgan fingerprint density at radius 1 is 1.19 bits per heavy atom. The maximum absolute atomic E-state index is 12.0. The third kappa shape index (κ3) is 2.92. The number of nitrogens with two attached hydrogens (primary N) is 1. The quantitative estimate of drug-likeness (QED) is 0.897. The average Bonchev–Trinajstić information content (AvgIpc) is 3.09. The van der Waals surface area contributed by atoms with Gasteiger partial charge in [-0.05, 0) is 50.5 Å². The number of amides is 2. The first-order valence-corrected chi connectivity index (χ1v) is 8.34. The number of aryl methyl sites for hydroxylation is 1. The van der Waals surface area contributed by atoms with E-state index < -0.39 is 0 Å². The molecule has 3 nitrogen and oxygen atoms in total. The van der Waals surface area contributed by atoms with E-state index in [0.29, 0.717) is 6.04 Å². The first-order valence-electron chi connectivity index (χ1n) is 8.34. The molecule has 1 atom stereocenters. The summed E-state index contributed by atoms with van der Waals surface area (Å²) < 4.78 is 0. The Bertz CT molecular complexity index is 479. The van der Waals surface area contributed by atoms with Gasteiger partial charge in [0.25, 0.3) is 0 Å². The molecular formula is C18H26N2O. The molecule has 1 aliphatic heterocycles. The minimum Gasteiger partial charge on any atom is -0.351 e. The minimum atomic E-state index is -0.195. The van der Waals surface area contributed by atoms with Crippen LogP contribution in [-0.4, -0.2) is 22.5 Å². The first-order chi connectivity index (χ1) is 10.2. The first kappa shape index (κ1) is 14.4. The van der Waals surface area contributed by atoms with Crippen molar-refractivity contribution in [3.05, 3.63) is 35.9 Å². The molecule has 1 unspecified atom stereocenters. The molecule has 1 saturated carbocycles. The van der Waals surface area contributed by atoms with E-state index in [1.165, 1.54) is 18.4 Å². The molecule has 2 N–H and O–H groups in total. The third-order valence-corrected chi connectivity index (χ3v) is 5.44. The van der Waals surface area contributed by atoms with Gasteiger partial charge in [0.15, 0.2) is 0 Å². The third-order valence-electron chi connectivity index (χ3n) is 5.44. The van der Waals surface area contributed by atoms with E-state index in [9.17, 15) is 4.79 Å². The van der Waals surface area contributed by atoms with Crippen LogP contribution in [0.4, 0.5) is 4.79 Å². The van der Waals surface area contributed by atoms with Crippen molar-refractivity contribution in [2.45, 2.75) is 69.4 Å². The fourth-order valence-electron chi connectivity index (χ4n) is 4.47.